The quantitative estimate of drug-likeness (QED) is 0.831. The lowest BCUT2D eigenvalue weighted by atomic mass is 10.2. The SMILES string of the molecule is Cc1coc(NC(=O)c2cc(Cl)c(N)c(Cl)c2)n1. The van der Waals surface area contributed by atoms with Crippen LogP contribution in [0.1, 0.15) is 16.1 Å². The van der Waals surface area contributed by atoms with Gasteiger partial charge in [-0.15, -0.1) is 0 Å². The van der Waals surface area contributed by atoms with Crippen molar-refractivity contribution in [2.45, 2.75) is 6.92 Å². The summed E-state index contributed by atoms with van der Waals surface area (Å²) >= 11 is 11.7. The van der Waals surface area contributed by atoms with Gasteiger partial charge in [0, 0.05) is 5.56 Å². The zero-order chi connectivity index (χ0) is 13.3. The molecule has 0 atom stereocenters. The number of hydrogen-bond donors (Lipinski definition) is 2. The predicted molar refractivity (Wildman–Crippen MR) is 70.1 cm³/mol. The topological polar surface area (TPSA) is 81.2 Å². The number of aryl methyl sites for hydroxylation is 1. The lowest BCUT2D eigenvalue weighted by molar-refractivity contribution is 0.102. The van der Waals surface area contributed by atoms with Crippen molar-refractivity contribution in [1.82, 2.24) is 4.98 Å². The van der Waals surface area contributed by atoms with Crippen LogP contribution in [-0.4, -0.2) is 10.9 Å². The minimum absolute atomic E-state index is 0.113. The van der Waals surface area contributed by atoms with Gasteiger partial charge < -0.3 is 10.2 Å². The van der Waals surface area contributed by atoms with E-state index in [0.717, 1.165) is 0 Å². The highest BCUT2D eigenvalue weighted by atomic mass is 35.5. The van der Waals surface area contributed by atoms with Crippen LogP contribution in [-0.2, 0) is 0 Å². The van der Waals surface area contributed by atoms with E-state index in [1.165, 1.54) is 18.4 Å². The number of nitrogen functional groups attached to an aromatic ring is 1. The molecule has 0 radical (unpaired) electrons. The van der Waals surface area contributed by atoms with Crippen molar-refractivity contribution in [3.8, 4) is 0 Å². The number of carbonyl (C=O) groups is 1. The maximum atomic E-state index is 11.9. The number of hydrogen-bond acceptors (Lipinski definition) is 4. The predicted octanol–water partition coefficient (Wildman–Crippen LogP) is 3.12. The summed E-state index contributed by atoms with van der Waals surface area (Å²) < 4.78 is 5.01. The molecule has 18 heavy (non-hydrogen) atoms. The molecule has 1 amide bonds. The second-order valence-electron chi connectivity index (χ2n) is 3.60. The molecule has 5 nitrogen and oxygen atoms in total. The first-order chi connectivity index (χ1) is 8.47. The monoisotopic (exact) mass is 285 g/mol. The molecule has 0 bridgehead atoms. The van der Waals surface area contributed by atoms with Crippen LogP contribution in [0.5, 0.6) is 0 Å². The van der Waals surface area contributed by atoms with E-state index in [1.54, 1.807) is 6.92 Å². The average Bonchev–Trinajstić information content (AvgIpc) is 2.71. The summed E-state index contributed by atoms with van der Waals surface area (Å²) in [7, 11) is 0. The lowest BCUT2D eigenvalue weighted by Crippen LogP contribution is -2.12. The number of anilines is 2. The summed E-state index contributed by atoms with van der Waals surface area (Å²) in [6, 6.07) is 2.96. The first-order valence-electron chi connectivity index (χ1n) is 4.95. The fourth-order valence-electron chi connectivity index (χ4n) is 1.30. The summed E-state index contributed by atoms with van der Waals surface area (Å²) in [5.74, 6) is -0.430. The molecule has 0 saturated heterocycles. The second kappa shape index (κ2) is 4.88. The van der Waals surface area contributed by atoms with Crippen molar-refractivity contribution in [1.29, 1.82) is 0 Å². The molecular formula is C11H9Cl2N3O2. The fourth-order valence-corrected chi connectivity index (χ4v) is 1.78. The first-order valence-corrected chi connectivity index (χ1v) is 5.71. The van der Waals surface area contributed by atoms with Gasteiger partial charge in [-0.3, -0.25) is 10.1 Å². The van der Waals surface area contributed by atoms with Gasteiger partial charge in [0.25, 0.3) is 5.91 Å². The van der Waals surface area contributed by atoms with Crippen molar-refractivity contribution in [2.24, 2.45) is 0 Å². The van der Waals surface area contributed by atoms with E-state index in [9.17, 15) is 4.79 Å². The zero-order valence-electron chi connectivity index (χ0n) is 9.33. The van der Waals surface area contributed by atoms with Crippen LogP contribution in [0.4, 0.5) is 11.7 Å². The number of benzene rings is 1. The largest absolute Gasteiger partial charge is 0.432 e. The van der Waals surface area contributed by atoms with Crippen LogP contribution in [0.3, 0.4) is 0 Å². The van der Waals surface area contributed by atoms with E-state index in [4.69, 9.17) is 33.4 Å². The van der Waals surface area contributed by atoms with Gasteiger partial charge >= 0.3 is 6.01 Å². The Morgan fingerprint density at radius 2 is 2.00 bits per heavy atom. The number of halogens is 2. The third-order valence-corrected chi connectivity index (χ3v) is 2.81. The van der Waals surface area contributed by atoms with Gasteiger partial charge in [-0.2, -0.15) is 4.98 Å². The van der Waals surface area contributed by atoms with Crippen molar-refractivity contribution in [3.63, 3.8) is 0 Å². The Morgan fingerprint density at radius 1 is 1.39 bits per heavy atom. The number of carbonyl (C=O) groups excluding carboxylic acids is 1. The molecule has 0 aliphatic heterocycles. The molecule has 0 spiro atoms. The molecule has 0 saturated carbocycles. The Bertz CT molecular complexity index is 587. The number of rotatable bonds is 2. The van der Waals surface area contributed by atoms with E-state index in [2.05, 4.69) is 10.3 Å². The summed E-state index contributed by atoms with van der Waals surface area (Å²) in [5, 5.41) is 2.92. The number of aromatic nitrogens is 1. The highest BCUT2D eigenvalue weighted by Gasteiger charge is 2.13. The molecule has 94 valence electrons. The maximum Gasteiger partial charge on any atom is 0.301 e. The van der Waals surface area contributed by atoms with Crippen LogP contribution in [0, 0.1) is 6.92 Å². The molecular weight excluding hydrogens is 277 g/mol. The highest BCUT2D eigenvalue weighted by Crippen LogP contribution is 2.29. The molecule has 2 aromatic rings. The van der Waals surface area contributed by atoms with Gasteiger partial charge in [-0.1, -0.05) is 23.2 Å². The smallest absolute Gasteiger partial charge is 0.301 e. The molecule has 3 N–H and O–H groups in total. The minimum Gasteiger partial charge on any atom is -0.432 e. The number of nitrogens with one attached hydrogen (secondary N) is 1. The maximum absolute atomic E-state index is 11.9. The number of oxazole rings is 1. The van der Waals surface area contributed by atoms with E-state index in [1.807, 2.05) is 0 Å². The Hall–Kier alpha value is -1.72. The number of nitrogens with two attached hydrogens (primary N) is 1. The van der Waals surface area contributed by atoms with Gasteiger partial charge in [0.1, 0.15) is 6.26 Å². The molecule has 0 fully saturated rings. The Balaban J connectivity index is 2.24. The fraction of sp³-hybridized carbons (Fsp3) is 0.0909. The number of amides is 1. The van der Waals surface area contributed by atoms with Crippen molar-refractivity contribution in [3.05, 3.63) is 39.7 Å². The normalized spacial score (nSPS) is 10.4. The van der Waals surface area contributed by atoms with Crippen LogP contribution in [0.2, 0.25) is 10.0 Å². The van der Waals surface area contributed by atoms with Crippen molar-refractivity contribution in [2.75, 3.05) is 11.1 Å². The molecule has 0 aliphatic carbocycles. The second-order valence-corrected chi connectivity index (χ2v) is 4.42. The Morgan fingerprint density at radius 3 is 2.50 bits per heavy atom. The minimum atomic E-state index is -0.430. The summed E-state index contributed by atoms with van der Waals surface area (Å²) in [6.45, 7) is 1.75. The zero-order valence-corrected chi connectivity index (χ0v) is 10.8. The third kappa shape index (κ3) is 2.57. The van der Waals surface area contributed by atoms with Crippen molar-refractivity contribution >= 4 is 40.8 Å². The summed E-state index contributed by atoms with van der Waals surface area (Å²) in [4.78, 5) is 15.8. The molecule has 1 aromatic heterocycles. The van der Waals surface area contributed by atoms with Crippen molar-refractivity contribution < 1.29 is 9.21 Å². The van der Waals surface area contributed by atoms with Crippen LogP contribution in [0.15, 0.2) is 22.8 Å². The summed E-state index contributed by atoms with van der Waals surface area (Å²) in [5.41, 5.74) is 6.76. The van der Waals surface area contributed by atoms with E-state index in [-0.39, 0.29) is 27.3 Å². The van der Waals surface area contributed by atoms with E-state index < -0.39 is 5.91 Å². The molecule has 1 heterocycles. The molecule has 0 aliphatic rings. The molecule has 0 unspecified atom stereocenters. The van der Waals surface area contributed by atoms with Gasteiger partial charge in [0.2, 0.25) is 0 Å². The van der Waals surface area contributed by atoms with Gasteiger partial charge in [-0.05, 0) is 19.1 Å². The van der Waals surface area contributed by atoms with Gasteiger partial charge in [-0.25, -0.2) is 0 Å². The van der Waals surface area contributed by atoms with Crippen LogP contribution >= 0.6 is 23.2 Å². The average molecular weight is 286 g/mol. The van der Waals surface area contributed by atoms with Crippen LogP contribution in [0.25, 0.3) is 0 Å². The lowest BCUT2D eigenvalue weighted by Gasteiger charge is -2.05. The Labute approximate surface area is 113 Å². The summed E-state index contributed by atoms with van der Waals surface area (Å²) in [6.07, 6.45) is 1.43. The van der Waals surface area contributed by atoms with Gasteiger partial charge in [0.15, 0.2) is 0 Å². The van der Waals surface area contributed by atoms with Gasteiger partial charge in [0.05, 0.1) is 21.4 Å². The van der Waals surface area contributed by atoms with Crippen LogP contribution < -0.4 is 11.1 Å². The first kappa shape index (κ1) is 12.7. The number of nitrogens with zero attached hydrogens (tertiary/aromatic N) is 1. The standard InChI is InChI=1S/C11H9Cl2N3O2/c1-5-4-18-11(15-5)16-10(17)6-2-7(12)9(14)8(13)3-6/h2-4H,14H2,1H3,(H,15,16,17). The highest BCUT2D eigenvalue weighted by molar-refractivity contribution is 6.39. The molecule has 7 heteroatoms. The molecule has 2 rings (SSSR count). The van der Waals surface area contributed by atoms with E-state index in [0.29, 0.717) is 5.69 Å². The Kier molecular flexibility index (Phi) is 3.45. The molecule has 1 aromatic carbocycles. The van der Waals surface area contributed by atoms with E-state index >= 15 is 0 Å². The third-order valence-electron chi connectivity index (χ3n) is 2.18.